The van der Waals surface area contributed by atoms with Crippen LogP contribution in [0.25, 0.3) is 11.1 Å². The van der Waals surface area contributed by atoms with Gasteiger partial charge in [0, 0.05) is 55.4 Å². The smallest absolute Gasteiger partial charge is 0.253 e. The summed E-state index contributed by atoms with van der Waals surface area (Å²) in [5.74, 6) is -0.0644. The maximum absolute atomic E-state index is 13.2. The Bertz CT molecular complexity index is 1320. The molecule has 6 nitrogen and oxygen atoms in total. The summed E-state index contributed by atoms with van der Waals surface area (Å²) < 4.78 is 28.0. The van der Waals surface area contributed by atoms with Crippen LogP contribution in [-0.2, 0) is 16.6 Å². The van der Waals surface area contributed by atoms with Gasteiger partial charge in [0.2, 0.25) is 10.0 Å². The third-order valence-electron chi connectivity index (χ3n) is 7.09. The van der Waals surface area contributed by atoms with Gasteiger partial charge >= 0.3 is 0 Å². The first-order valence-electron chi connectivity index (χ1n) is 13.1. The number of nitrogens with zero attached hydrogens (tertiary/aromatic N) is 3. The lowest BCUT2D eigenvalue weighted by Gasteiger charge is -2.34. The molecular weight excluding hydrogens is 518 g/mol. The zero-order valence-electron chi connectivity index (χ0n) is 22.5. The molecule has 0 N–H and O–H groups in total. The van der Waals surface area contributed by atoms with Crippen molar-refractivity contribution < 1.29 is 13.2 Å². The molecule has 0 aromatic heterocycles. The topological polar surface area (TPSA) is 60.9 Å². The number of piperazine rings is 1. The molecule has 0 radical (unpaired) electrons. The Balaban J connectivity index is 1.36. The van der Waals surface area contributed by atoms with Crippen LogP contribution in [-0.4, -0.2) is 66.7 Å². The molecule has 1 aliphatic heterocycles. The van der Waals surface area contributed by atoms with E-state index >= 15 is 0 Å². The Morgan fingerprint density at radius 3 is 1.79 bits per heavy atom. The first kappa shape index (κ1) is 28.3. The first-order chi connectivity index (χ1) is 18.1. The van der Waals surface area contributed by atoms with Crippen molar-refractivity contribution in [1.29, 1.82) is 0 Å². The minimum Gasteiger partial charge on any atom is -0.336 e. The second-order valence-electron chi connectivity index (χ2n) is 10.3. The van der Waals surface area contributed by atoms with E-state index in [9.17, 15) is 13.2 Å². The highest BCUT2D eigenvalue weighted by molar-refractivity contribution is 7.89. The molecule has 0 aliphatic carbocycles. The van der Waals surface area contributed by atoms with E-state index in [1.165, 1.54) is 9.87 Å². The van der Waals surface area contributed by atoms with Crippen LogP contribution in [0.2, 0.25) is 5.02 Å². The van der Waals surface area contributed by atoms with Crippen molar-refractivity contribution in [1.82, 2.24) is 14.1 Å². The number of carbonyl (C=O) groups excluding carboxylic acids is 1. The van der Waals surface area contributed by atoms with Gasteiger partial charge in [0.25, 0.3) is 5.91 Å². The van der Waals surface area contributed by atoms with E-state index in [1.807, 2.05) is 48.5 Å². The normalized spacial score (nSPS) is 15.0. The van der Waals surface area contributed by atoms with Gasteiger partial charge in [-0.05, 0) is 80.8 Å². The predicted octanol–water partition coefficient (Wildman–Crippen LogP) is 5.77. The van der Waals surface area contributed by atoms with Gasteiger partial charge in [-0.1, -0.05) is 48.0 Å². The summed E-state index contributed by atoms with van der Waals surface area (Å²) in [7, 11) is -3.64. The Hall–Kier alpha value is -2.71. The molecule has 0 atom stereocenters. The molecule has 1 aliphatic rings. The highest BCUT2D eigenvalue weighted by atomic mass is 35.5. The van der Waals surface area contributed by atoms with Gasteiger partial charge in [0.15, 0.2) is 0 Å². The van der Waals surface area contributed by atoms with Crippen molar-refractivity contribution in [2.75, 3.05) is 26.2 Å². The van der Waals surface area contributed by atoms with Gasteiger partial charge in [0.1, 0.15) is 0 Å². The molecule has 1 fully saturated rings. The van der Waals surface area contributed by atoms with Crippen LogP contribution in [0.1, 0.15) is 43.6 Å². The number of benzene rings is 3. The van der Waals surface area contributed by atoms with Gasteiger partial charge in [-0.2, -0.15) is 4.31 Å². The molecule has 0 unspecified atom stereocenters. The predicted molar refractivity (Wildman–Crippen MR) is 154 cm³/mol. The summed E-state index contributed by atoms with van der Waals surface area (Å²) in [4.78, 5) is 17.5. The van der Waals surface area contributed by atoms with Crippen molar-refractivity contribution in [3.63, 3.8) is 0 Å². The molecule has 202 valence electrons. The summed E-state index contributed by atoms with van der Waals surface area (Å²) in [5, 5.41) is 0.655. The number of hydrogen-bond donors (Lipinski definition) is 0. The number of carbonyl (C=O) groups is 1. The monoisotopic (exact) mass is 553 g/mol. The highest BCUT2D eigenvalue weighted by Gasteiger charge is 2.30. The Labute approximate surface area is 231 Å². The van der Waals surface area contributed by atoms with Crippen molar-refractivity contribution >= 4 is 27.5 Å². The van der Waals surface area contributed by atoms with Crippen molar-refractivity contribution in [2.45, 2.75) is 51.2 Å². The second kappa shape index (κ2) is 12.0. The van der Waals surface area contributed by atoms with E-state index in [-0.39, 0.29) is 23.9 Å². The summed E-state index contributed by atoms with van der Waals surface area (Å²) in [5.41, 5.74) is 3.68. The number of amides is 1. The van der Waals surface area contributed by atoms with Crippen molar-refractivity contribution in [2.24, 2.45) is 0 Å². The Morgan fingerprint density at radius 1 is 0.789 bits per heavy atom. The summed E-state index contributed by atoms with van der Waals surface area (Å²) in [6.45, 7) is 10.8. The number of halogens is 1. The molecule has 4 rings (SSSR count). The Kier molecular flexibility index (Phi) is 8.93. The highest BCUT2D eigenvalue weighted by Crippen LogP contribution is 2.25. The summed E-state index contributed by atoms with van der Waals surface area (Å²) >= 11 is 5.97. The number of hydrogen-bond acceptors (Lipinski definition) is 4. The average Bonchev–Trinajstić information content (AvgIpc) is 2.92. The fraction of sp³-hybridized carbons (Fsp3) is 0.367. The summed E-state index contributed by atoms with van der Waals surface area (Å²) in [6, 6.07) is 23.0. The van der Waals surface area contributed by atoms with E-state index < -0.39 is 10.0 Å². The van der Waals surface area contributed by atoms with Crippen LogP contribution >= 0.6 is 11.6 Å². The average molecular weight is 554 g/mol. The molecule has 0 spiro atoms. The molecule has 38 heavy (non-hydrogen) atoms. The third kappa shape index (κ3) is 6.46. The molecule has 0 bridgehead atoms. The van der Waals surface area contributed by atoms with E-state index in [1.54, 1.807) is 29.2 Å². The molecule has 1 heterocycles. The van der Waals surface area contributed by atoms with Crippen LogP contribution in [0.3, 0.4) is 0 Å². The minimum atomic E-state index is -3.64. The lowest BCUT2D eigenvalue weighted by molar-refractivity contribution is 0.0698. The van der Waals surface area contributed by atoms with E-state index in [0.717, 1.165) is 17.7 Å². The molecule has 8 heteroatoms. The van der Waals surface area contributed by atoms with Crippen molar-refractivity contribution in [3.05, 3.63) is 88.9 Å². The van der Waals surface area contributed by atoms with Gasteiger partial charge < -0.3 is 4.90 Å². The van der Waals surface area contributed by atoms with Crippen LogP contribution in [0.4, 0.5) is 0 Å². The number of sulfonamides is 1. The standard InChI is InChI=1S/C30H36ClN3O3S/c1-22(2)34(23(3)4)21-24-5-7-27(8-6-24)30(35)32-17-19-33(20-18-32)38(36,37)29-15-11-26(12-16-29)25-9-13-28(31)14-10-25/h5-16,22-23H,17-21H2,1-4H3. The molecule has 1 amide bonds. The largest absolute Gasteiger partial charge is 0.336 e. The Morgan fingerprint density at radius 2 is 1.29 bits per heavy atom. The van der Waals surface area contributed by atoms with Crippen LogP contribution < -0.4 is 0 Å². The van der Waals surface area contributed by atoms with Crippen LogP contribution in [0, 0.1) is 0 Å². The maximum Gasteiger partial charge on any atom is 0.253 e. The number of rotatable bonds is 8. The van der Waals surface area contributed by atoms with E-state index in [2.05, 4.69) is 32.6 Å². The molecule has 0 saturated carbocycles. The first-order valence-corrected chi connectivity index (χ1v) is 14.9. The van der Waals surface area contributed by atoms with Crippen molar-refractivity contribution in [3.8, 4) is 11.1 Å². The summed E-state index contributed by atoms with van der Waals surface area (Å²) in [6.07, 6.45) is 0. The lowest BCUT2D eigenvalue weighted by atomic mass is 10.1. The maximum atomic E-state index is 13.2. The van der Waals surface area contributed by atoms with Crippen LogP contribution in [0.5, 0.6) is 0 Å². The lowest BCUT2D eigenvalue weighted by Crippen LogP contribution is -2.50. The molecule has 3 aromatic rings. The third-order valence-corrected chi connectivity index (χ3v) is 9.25. The van der Waals surface area contributed by atoms with Crippen LogP contribution in [0.15, 0.2) is 77.7 Å². The van der Waals surface area contributed by atoms with Gasteiger partial charge in [-0.3, -0.25) is 9.69 Å². The van der Waals surface area contributed by atoms with E-state index in [4.69, 9.17) is 11.6 Å². The minimum absolute atomic E-state index is 0.0644. The molecular formula is C30H36ClN3O3S. The zero-order chi connectivity index (χ0) is 27.4. The zero-order valence-corrected chi connectivity index (χ0v) is 24.0. The quantitative estimate of drug-likeness (QED) is 0.355. The van der Waals surface area contributed by atoms with Gasteiger partial charge in [-0.15, -0.1) is 0 Å². The SMILES string of the molecule is CC(C)N(Cc1ccc(C(=O)N2CCN(S(=O)(=O)c3ccc(-c4ccc(Cl)cc4)cc3)CC2)cc1)C(C)C. The second-order valence-corrected chi connectivity index (χ2v) is 12.7. The fourth-order valence-corrected chi connectivity index (χ4v) is 6.40. The van der Waals surface area contributed by atoms with Gasteiger partial charge in [0.05, 0.1) is 4.90 Å². The van der Waals surface area contributed by atoms with Gasteiger partial charge in [-0.25, -0.2) is 8.42 Å². The fourth-order valence-electron chi connectivity index (χ4n) is 4.85. The molecule has 1 saturated heterocycles. The molecule has 3 aromatic carbocycles. The van der Waals surface area contributed by atoms with E-state index in [0.29, 0.717) is 35.8 Å².